The summed E-state index contributed by atoms with van der Waals surface area (Å²) >= 11 is 0. The van der Waals surface area contributed by atoms with E-state index in [0.29, 0.717) is 12.5 Å². The molecule has 1 nitrogen and oxygen atoms in total. The highest BCUT2D eigenvalue weighted by Crippen LogP contribution is 2.31. The van der Waals surface area contributed by atoms with Crippen LogP contribution in [0.25, 0.3) is 0 Å². The van der Waals surface area contributed by atoms with E-state index < -0.39 is 0 Å². The van der Waals surface area contributed by atoms with E-state index >= 15 is 0 Å². The molecular weight excluding hydrogens is 218 g/mol. The second-order valence-corrected chi connectivity index (χ2v) is 4.44. The number of hydrogen-bond acceptors (Lipinski definition) is 1. The van der Waals surface area contributed by atoms with E-state index in [9.17, 15) is 0 Å². The maximum absolute atomic E-state index is 5.65. The van der Waals surface area contributed by atoms with Crippen LogP contribution in [0, 0.1) is 0 Å². The van der Waals surface area contributed by atoms with Gasteiger partial charge in [0.1, 0.15) is 0 Å². The van der Waals surface area contributed by atoms with Crippen LogP contribution < -0.4 is 5.73 Å². The minimum absolute atomic E-state index is 0.302. The Hall–Kier alpha value is -1.86. The number of benzene rings is 2. The Morgan fingerprint density at radius 3 is 1.78 bits per heavy atom. The molecule has 0 fully saturated rings. The molecule has 0 saturated heterocycles. The van der Waals surface area contributed by atoms with Gasteiger partial charge in [0, 0.05) is 12.5 Å². The number of nitrogens with two attached hydrogens (primary N) is 1. The Labute approximate surface area is 109 Å². The summed E-state index contributed by atoms with van der Waals surface area (Å²) in [7, 11) is 0. The highest BCUT2D eigenvalue weighted by atomic mass is 14.5. The van der Waals surface area contributed by atoms with Gasteiger partial charge in [0.25, 0.3) is 0 Å². The standard InChI is InChI=1S/C17H19N/c1-14(12-13-18)17(15-8-4-2-5-9-15)16-10-6-3-7-11-16/h2-12,17H,13,18H2,1H3. The van der Waals surface area contributed by atoms with Gasteiger partial charge in [-0.3, -0.25) is 0 Å². The van der Waals surface area contributed by atoms with Gasteiger partial charge in [0.2, 0.25) is 0 Å². The van der Waals surface area contributed by atoms with Crippen molar-refractivity contribution in [2.45, 2.75) is 12.8 Å². The molecule has 0 aliphatic carbocycles. The molecule has 92 valence electrons. The van der Waals surface area contributed by atoms with Crippen molar-refractivity contribution in [3.8, 4) is 0 Å². The molecule has 18 heavy (non-hydrogen) atoms. The van der Waals surface area contributed by atoms with E-state index in [-0.39, 0.29) is 0 Å². The molecule has 0 heterocycles. The van der Waals surface area contributed by atoms with Crippen LogP contribution in [-0.2, 0) is 0 Å². The first-order chi connectivity index (χ1) is 8.83. The number of rotatable bonds is 4. The molecule has 0 aromatic heterocycles. The summed E-state index contributed by atoms with van der Waals surface area (Å²) in [6.07, 6.45) is 2.10. The average molecular weight is 237 g/mol. The van der Waals surface area contributed by atoms with Gasteiger partial charge >= 0.3 is 0 Å². The zero-order valence-corrected chi connectivity index (χ0v) is 10.7. The van der Waals surface area contributed by atoms with Crippen LogP contribution in [0.4, 0.5) is 0 Å². The van der Waals surface area contributed by atoms with Crippen LogP contribution in [0.3, 0.4) is 0 Å². The Morgan fingerprint density at radius 1 is 0.944 bits per heavy atom. The Kier molecular flexibility index (Phi) is 4.32. The summed E-state index contributed by atoms with van der Waals surface area (Å²) in [6.45, 7) is 2.74. The van der Waals surface area contributed by atoms with Crippen LogP contribution in [0.5, 0.6) is 0 Å². The first-order valence-corrected chi connectivity index (χ1v) is 6.29. The molecule has 0 unspecified atom stereocenters. The third kappa shape index (κ3) is 2.88. The summed E-state index contributed by atoms with van der Waals surface area (Å²) in [5, 5.41) is 0. The molecule has 0 atom stereocenters. The highest BCUT2D eigenvalue weighted by Gasteiger charge is 2.14. The van der Waals surface area contributed by atoms with Crippen molar-refractivity contribution in [1.29, 1.82) is 0 Å². The average Bonchev–Trinajstić information content (AvgIpc) is 2.42. The lowest BCUT2D eigenvalue weighted by Crippen LogP contribution is -2.05. The molecule has 0 aliphatic rings. The smallest absolute Gasteiger partial charge is 0.0296 e. The third-order valence-corrected chi connectivity index (χ3v) is 3.16. The van der Waals surface area contributed by atoms with Gasteiger partial charge in [-0.25, -0.2) is 0 Å². The monoisotopic (exact) mass is 237 g/mol. The minimum atomic E-state index is 0.302. The van der Waals surface area contributed by atoms with Crippen molar-refractivity contribution in [3.05, 3.63) is 83.4 Å². The molecule has 0 radical (unpaired) electrons. The van der Waals surface area contributed by atoms with Crippen molar-refractivity contribution in [2.75, 3.05) is 6.54 Å². The zero-order chi connectivity index (χ0) is 12.8. The molecule has 2 rings (SSSR count). The van der Waals surface area contributed by atoms with E-state index in [4.69, 9.17) is 5.73 Å². The Bertz CT molecular complexity index is 460. The van der Waals surface area contributed by atoms with Crippen LogP contribution in [-0.4, -0.2) is 6.54 Å². The molecule has 2 N–H and O–H groups in total. The van der Waals surface area contributed by atoms with Gasteiger partial charge in [0.15, 0.2) is 0 Å². The summed E-state index contributed by atoms with van der Waals surface area (Å²) < 4.78 is 0. The quantitative estimate of drug-likeness (QED) is 0.806. The predicted molar refractivity (Wildman–Crippen MR) is 77.5 cm³/mol. The van der Waals surface area contributed by atoms with Crippen molar-refractivity contribution >= 4 is 0 Å². The summed E-state index contributed by atoms with van der Waals surface area (Å²) in [5.41, 5.74) is 9.57. The molecular formula is C17H19N. The fourth-order valence-electron chi connectivity index (χ4n) is 2.31. The molecule has 0 saturated carbocycles. The maximum Gasteiger partial charge on any atom is 0.0296 e. The summed E-state index contributed by atoms with van der Waals surface area (Å²) in [5.74, 6) is 0.302. The van der Waals surface area contributed by atoms with Gasteiger partial charge in [-0.05, 0) is 18.1 Å². The molecule has 2 aromatic rings. The lowest BCUT2D eigenvalue weighted by Gasteiger charge is -2.19. The van der Waals surface area contributed by atoms with E-state index in [1.165, 1.54) is 16.7 Å². The summed E-state index contributed by atoms with van der Waals surface area (Å²) in [4.78, 5) is 0. The zero-order valence-electron chi connectivity index (χ0n) is 10.7. The Balaban J connectivity index is 2.45. The van der Waals surface area contributed by atoms with Crippen LogP contribution >= 0.6 is 0 Å². The lowest BCUT2D eigenvalue weighted by atomic mass is 9.85. The second kappa shape index (κ2) is 6.18. The SMILES string of the molecule is CC(=CCN)C(c1ccccc1)c1ccccc1. The first-order valence-electron chi connectivity index (χ1n) is 6.29. The van der Waals surface area contributed by atoms with Crippen LogP contribution in [0.15, 0.2) is 72.3 Å². The summed E-state index contributed by atoms with van der Waals surface area (Å²) in [6, 6.07) is 21.1. The fraction of sp³-hybridized carbons (Fsp3) is 0.176. The minimum Gasteiger partial charge on any atom is -0.327 e. The lowest BCUT2D eigenvalue weighted by molar-refractivity contribution is 0.935. The first kappa shape index (κ1) is 12.6. The predicted octanol–water partition coefficient (Wildman–Crippen LogP) is 3.72. The highest BCUT2D eigenvalue weighted by molar-refractivity contribution is 5.40. The molecule has 0 bridgehead atoms. The molecule has 2 aromatic carbocycles. The van der Waals surface area contributed by atoms with E-state index in [1.807, 2.05) is 12.1 Å². The van der Waals surface area contributed by atoms with Gasteiger partial charge in [-0.15, -0.1) is 0 Å². The van der Waals surface area contributed by atoms with E-state index in [0.717, 1.165) is 0 Å². The Morgan fingerprint density at radius 2 is 1.39 bits per heavy atom. The van der Waals surface area contributed by atoms with Gasteiger partial charge in [0.05, 0.1) is 0 Å². The van der Waals surface area contributed by atoms with Crippen LogP contribution in [0.2, 0.25) is 0 Å². The molecule has 0 amide bonds. The van der Waals surface area contributed by atoms with Gasteiger partial charge in [-0.1, -0.05) is 72.3 Å². The molecule has 0 aliphatic heterocycles. The van der Waals surface area contributed by atoms with E-state index in [2.05, 4.69) is 61.5 Å². The molecule has 1 heteroatoms. The largest absolute Gasteiger partial charge is 0.327 e. The maximum atomic E-state index is 5.65. The molecule has 0 spiro atoms. The van der Waals surface area contributed by atoms with E-state index in [1.54, 1.807) is 0 Å². The van der Waals surface area contributed by atoms with Crippen molar-refractivity contribution in [2.24, 2.45) is 5.73 Å². The van der Waals surface area contributed by atoms with Crippen molar-refractivity contribution < 1.29 is 0 Å². The second-order valence-electron chi connectivity index (χ2n) is 4.44. The fourth-order valence-corrected chi connectivity index (χ4v) is 2.31. The normalized spacial score (nSPS) is 11.8. The number of allylic oxidation sites excluding steroid dienone is 1. The van der Waals surface area contributed by atoms with Gasteiger partial charge in [-0.2, -0.15) is 0 Å². The third-order valence-electron chi connectivity index (χ3n) is 3.16. The van der Waals surface area contributed by atoms with Crippen molar-refractivity contribution in [3.63, 3.8) is 0 Å². The topological polar surface area (TPSA) is 26.0 Å². The van der Waals surface area contributed by atoms with Crippen molar-refractivity contribution in [1.82, 2.24) is 0 Å². The van der Waals surface area contributed by atoms with Crippen LogP contribution in [0.1, 0.15) is 24.0 Å². The van der Waals surface area contributed by atoms with Gasteiger partial charge < -0.3 is 5.73 Å². The number of hydrogen-bond donors (Lipinski definition) is 1.